The third-order valence-electron chi connectivity index (χ3n) is 3.55. The quantitative estimate of drug-likeness (QED) is 0.636. The van der Waals surface area contributed by atoms with E-state index in [-0.39, 0.29) is 0 Å². The number of halogens is 1. The van der Waals surface area contributed by atoms with Crippen LogP contribution in [0.1, 0.15) is 5.56 Å². The molecule has 3 aromatic rings. The van der Waals surface area contributed by atoms with Crippen molar-refractivity contribution in [3.05, 3.63) is 76.8 Å². The predicted octanol–water partition coefficient (Wildman–Crippen LogP) is 5.24. The van der Waals surface area contributed by atoms with Gasteiger partial charge in [-0.15, -0.1) is 0 Å². The van der Waals surface area contributed by atoms with Crippen LogP contribution in [0.5, 0.6) is 0 Å². The molecule has 0 aliphatic heterocycles. The van der Waals surface area contributed by atoms with Crippen LogP contribution in [0.15, 0.2) is 71.2 Å². The van der Waals surface area contributed by atoms with Gasteiger partial charge in [0.1, 0.15) is 0 Å². The summed E-state index contributed by atoms with van der Waals surface area (Å²) in [6.07, 6.45) is 0. The van der Waals surface area contributed by atoms with Gasteiger partial charge in [-0.2, -0.15) is 0 Å². The van der Waals surface area contributed by atoms with Crippen molar-refractivity contribution in [1.29, 1.82) is 0 Å². The molecule has 0 aliphatic carbocycles. The van der Waals surface area contributed by atoms with Crippen molar-refractivity contribution >= 4 is 32.4 Å². The van der Waals surface area contributed by atoms with Gasteiger partial charge >= 0.3 is 0 Å². The van der Waals surface area contributed by atoms with Crippen molar-refractivity contribution in [2.45, 2.75) is 6.54 Å². The molecule has 0 saturated carbocycles. The van der Waals surface area contributed by atoms with Crippen LogP contribution in [0.4, 0.5) is 5.69 Å². The monoisotopic (exact) mass is 325 g/mol. The average Bonchev–Trinajstić information content (AvgIpc) is 2.48. The van der Waals surface area contributed by atoms with E-state index in [9.17, 15) is 0 Å². The van der Waals surface area contributed by atoms with Crippen molar-refractivity contribution < 1.29 is 0 Å². The fourth-order valence-electron chi connectivity index (χ4n) is 2.53. The van der Waals surface area contributed by atoms with Crippen LogP contribution in [0.3, 0.4) is 0 Å². The normalized spacial score (nSPS) is 10.7. The molecule has 0 bridgehead atoms. The fraction of sp³-hybridized carbons (Fsp3) is 0.111. The molecule has 3 aromatic carbocycles. The van der Waals surface area contributed by atoms with Gasteiger partial charge in [-0.05, 0) is 44.4 Å². The summed E-state index contributed by atoms with van der Waals surface area (Å²) in [6.45, 7) is 0.893. The van der Waals surface area contributed by atoms with E-state index < -0.39 is 0 Å². The van der Waals surface area contributed by atoms with Crippen LogP contribution < -0.4 is 4.90 Å². The van der Waals surface area contributed by atoms with Gasteiger partial charge in [0.2, 0.25) is 0 Å². The van der Waals surface area contributed by atoms with Crippen LogP contribution in [0.2, 0.25) is 0 Å². The number of rotatable bonds is 3. The van der Waals surface area contributed by atoms with E-state index in [0.29, 0.717) is 0 Å². The Hall–Kier alpha value is -1.80. The van der Waals surface area contributed by atoms with E-state index in [2.05, 4.69) is 88.5 Å². The Morgan fingerprint density at radius 3 is 2.40 bits per heavy atom. The van der Waals surface area contributed by atoms with Gasteiger partial charge in [0.15, 0.2) is 0 Å². The number of benzene rings is 3. The van der Waals surface area contributed by atoms with Crippen molar-refractivity contribution in [3.8, 4) is 0 Å². The minimum absolute atomic E-state index is 0.893. The van der Waals surface area contributed by atoms with E-state index in [1.165, 1.54) is 22.0 Å². The molecule has 0 radical (unpaired) electrons. The summed E-state index contributed by atoms with van der Waals surface area (Å²) < 4.78 is 1.13. The van der Waals surface area contributed by atoms with Crippen molar-refractivity contribution in [2.24, 2.45) is 0 Å². The number of nitrogens with zero attached hydrogens (tertiary/aromatic N) is 1. The molecule has 100 valence electrons. The summed E-state index contributed by atoms with van der Waals surface area (Å²) in [5, 5.41) is 2.62. The summed E-state index contributed by atoms with van der Waals surface area (Å²) in [5.41, 5.74) is 2.56. The first-order valence-corrected chi connectivity index (χ1v) is 7.47. The highest BCUT2D eigenvalue weighted by Gasteiger charge is 2.07. The zero-order valence-electron chi connectivity index (χ0n) is 11.4. The maximum absolute atomic E-state index is 3.62. The van der Waals surface area contributed by atoms with E-state index >= 15 is 0 Å². The molecule has 0 heterocycles. The fourth-order valence-corrected chi connectivity index (χ4v) is 3.12. The minimum atomic E-state index is 0.893. The number of fused-ring (bicyclic) bond motifs is 1. The number of anilines is 1. The van der Waals surface area contributed by atoms with Gasteiger partial charge < -0.3 is 4.90 Å². The smallest absolute Gasteiger partial charge is 0.0511 e. The maximum atomic E-state index is 3.62. The molecular weight excluding hydrogens is 310 g/mol. The average molecular weight is 326 g/mol. The van der Waals surface area contributed by atoms with Gasteiger partial charge in [0.05, 0.1) is 5.69 Å². The number of para-hydroxylation sites is 1. The third-order valence-corrected chi connectivity index (χ3v) is 4.22. The summed E-state index contributed by atoms with van der Waals surface area (Å²) in [7, 11) is 2.13. The Bertz CT molecular complexity index is 731. The van der Waals surface area contributed by atoms with Gasteiger partial charge in [0, 0.05) is 18.1 Å². The standard InChI is InChI=1S/C18H16BrN/c1-20(18-12-5-4-11-17(18)19)13-15-9-6-8-14-7-2-3-10-16(14)15/h2-12H,13H2,1H3. The Balaban J connectivity index is 1.96. The lowest BCUT2D eigenvalue weighted by Crippen LogP contribution is -2.16. The Morgan fingerprint density at radius 1 is 0.850 bits per heavy atom. The van der Waals surface area contributed by atoms with Gasteiger partial charge in [-0.1, -0.05) is 54.6 Å². The van der Waals surface area contributed by atoms with Crippen LogP contribution in [-0.4, -0.2) is 7.05 Å². The number of hydrogen-bond acceptors (Lipinski definition) is 1. The Morgan fingerprint density at radius 2 is 1.55 bits per heavy atom. The van der Waals surface area contributed by atoms with Crippen LogP contribution in [0.25, 0.3) is 10.8 Å². The lowest BCUT2D eigenvalue weighted by atomic mass is 10.0. The molecular formula is C18H16BrN. The highest BCUT2D eigenvalue weighted by molar-refractivity contribution is 9.10. The first-order valence-electron chi connectivity index (χ1n) is 6.68. The van der Waals surface area contributed by atoms with Crippen LogP contribution >= 0.6 is 15.9 Å². The lowest BCUT2D eigenvalue weighted by Gasteiger charge is -2.21. The summed E-state index contributed by atoms with van der Waals surface area (Å²) in [6, 6.07) is 23.4. The van der Waals surface area contributed by atoms with Gasteiger partial charge in [-0.25, -0.2) is 0 Å². The zero-order chi connectivity index (χ0) is 13.9. The van der Waals surface area contributed by atoms with Crippen molar-refractivity contribution in [2.75, 3.05) is 11.9 Å². The first-order chi connectivity index (χ1) is 9.75. The second kappa shape index (κ2) is 5.68. The van der Waals surface area contributed by atoms with Crippen molar-refractivity contribution in [1.82, 2.24) is 0 Å². The molecule has 0 N–H and O–H groups in total. The topological polar surface area (TPSA) is 3.24 Å². The molecule has 3 rings (SSSR count). The molecule has 0 amide bonds. The van der Waals surface area contributed by atoms with Gasteiger partial charge in [0.25, 0.3) is 0 Å². The summed E-state index contributed by atoms with van der Waals surface area (Å²) in [5.74, 6) is 0. The molecule has 0 atom stereocenters. The largest absolute Gasteiger partial charge is 0.369 e. The minimum Gasteiger partial charge on any atom is -0.369 e. The predicted molar refractivity (Wildman–Crippen MR) is 90.2 cm³/mol. The SMILES string of the molecule is CN(Cc1cccc2ccccc12)c1ccccc1Br. The van der Waals surface area contributed by atoms with E-state index in [0.717, 1.165) is 11.0 Å². The molecule has 2 heteroatoms. The molecule has 0 saturated heterocycles. The second-order valence-corrected chi connectivity index (χ2v) is 5.80. The lowest BCUT2D eigenvalue weighted by molar-refractivity contribution is 0.927. The van der Waals surface area contributed by atoms with Crippen LogP contribution in [0, 0.1) is 0 Å². The highest BCUT2D eigenvalue weighted by Crippen LogP contribution is 2.27. The van der Waals surface area contributed by atoms with E-state index in [1.807, 2.05) is 6.07 Å². The maximum Gasteiger partial charge on any atom is 0.0511 e. The molecule has 0 aromatic heterocycles. The van der Waals surface area contributed by atoms with E-state index in [4.69, 9.17) is 0 Å². The number of hydrogen-bond donors (Lipinski definition) is 0. The molecule has 20 heavy (non-hydrogen) atoms. The van der Waals surface area contributed by atoms with E-state index in [1.54, 1.807) is 0 Å². The second-order valence-electron chi connectivity index (χ2n) is 4.95. The third kappa shape index (κ3) is 2.56. The molecule has 0 unspecified atom stereocenters. The highest BCUT2D eigenvalue weighted by atomic mass is 79.9. The first kappa shape index (κ1) is 13.2. The molecule has 0 spiro atoms. The van der Waals surface area contributed by atoms with Crippen molar-refractivity contribution in [3.63, 3.8) is 0 Å². The molecule has 0 fully saturated rings. The van der Waals surface area contributed by atoms with Gasteiger partial charge in [-0.3, -0.25) is 0 Å². The summed E-state index contributed by atoms with van der Waals surface area (Å²) in [4.78, 5) is 2.27. The Kier molecular flexibility index (Phi) is 3.75. The summed E-state index contributed by atoms with van der Waals surface area (Å²) >= 11 is 3.62. The Labute approximate surface area is 128 Å². The van der Waals surface area contributed by atoms with Crippen LogP contribution in [-0.2, 0) is 6.54 Å². The molecule has 0 aliphatic rings. The molecule has 1 nitrogen and oxygen atoms in total. The zero-order valence-corrected chi connectivity index (χ0v) is 13.0.